The third-order valence-corrected chi connectivity index (χ3v) is 27.8. The van der Waals surface area contributed by atoms with Crippen LogP contribution in [0.4, 0.5) is 23.3 Å². The van der Waals surface area contributed by atoms with E-state index in [2.05, 4.69) is 54.8 Å². The van der Waals surface area contributed by atoms with Gasteiger partial charge in [-0.15, -0.1) is 0 Å². The van der Waals surface area contributed by atoms with E-state index in [-0.39, 0.29) is 75.2 Å². The van der Waals surface area contributed by atoms with Crippen LogP contribution in [-0.2, 0) is 128 Å². The number of ether oxygens (including phenoxy) is 8. The van der Waals surface area contributed by atoms with Gasteiger partial charge < -0.3 is 113 Å². The number of aromatic nitrogens is 16. The van der Waals surface area contributed by atoms with Gasteiger partial charge in [0.1, 0.15) is 119 Å². The van der Waals surface area contributed by atoms with E-state index in [1.165, 1.54) is 72.2 Å². The van der Waals surface area contributed by atoms with Gasteiger partial charge in [-0.25, -0.2) is 63.6 Å². The third kappa shape index (κ3) is 14.5. The highest BCUT2D eigenvalue weighted by molar-refractivity contribution is 8.07. The number of anilines is 4. The Balaban J connectivity index is 0.661. The number of imidazole rings is 3. The fourth-order valence-electron chi connectivity index (χ4n) is 15.3. The molecule has 8 aliphatic rings. The molecule has 0 spiro atoms. The summed E-state index contributed by atoms with van der Waals surface area (Å²) >= 11 is 16.4. The second-order valence-corrected chi connectivity index (χ2v) is 39.1. The van der Waals surface area contributed by atoms with Crippen molar-refractivity contribution in [1.29, 1.82) is 0 Å². The van der Waals surface area contributed by atoms with E-state index in [1.54, 1.807) is 13.8 Å². The van der Waals surface area contributed by atoms with E-state index in [0.717, 1.165) is 28.9 Å². The highest BCUT2D eigenvalue weighted by atomic mass is 32.5. The molecule has 0 radical (unpaired) electrons. The van der Waals surface area contributed by atoms with Crippen molar-refractivity contribution >= 4 is 128 Å². The van der Waals surface area contributed by atoms with Crippen molar-refractivity contribution in [2.45, 2.75) is 175 Å². The number of aliphatic hydroxyl groups is 1. The Morgan fingerprint density at radius 2 is 0.939 bits per heavy atom. The van der Waals surface area contributed by atoms with Crippen LogP contribution in [0.2, 0.25) is 0 Å². The minimum atomic E-state index is -5.71. The summed E-state index contributed by atoms with van der Waals surface area (Å²) in [5, 5.41) is 11.0. The zero-order chi connectivity index (χ0) is 81.1. The maximum absolute atomic E-state index is 15.2. The molecule has 0 aliphatic carbocycles. The summed E-state index contributed by atoms with van der Waals surface area (Å²) in [4.78, 5) is 142. The molecule has 8 saturated heterocycles. The largest absolute Gasteiger partial charge is 0.472 e. The number of nitrogens with zero attached hydrogens (tertiary/aromatic N) is 15. The van der Waals surface area contributed by atoms with Crippen molar-refractivity contribution in [3.8, 4) is 0 Å². The number of aliphatic hydroxyl groups excluding tert-OH is 1. The first kappa shape index (κ1) is 81.6. The Hall–Kier alpha value is -6.14. The number of H-pyrrole nitrogens is 1. The number of nitrogens with one attached hydrogen (secondary N) is 1. The lowest BCUT2D eigenvalue weighted by Gasteiger charge is -2.38. The number of aryl methyl sites for hydroxylation is 2. The molecular weight excluding hydrogens is 1680 g/mol. The van der Waals surface area contributed by atoms with Crippen molar-refractivity contribution in [3.05, 3.63) is 92.8 Å². The molecule has 49 nitrogen and oxygen atoms in total. The molecule has 10 unspecified atom stereocenters. The number of aromatic amines is 1. The van der Waals surface area contributed by atoms with E-state index in [0.29, 0.717) is 5.56 Å². The standard InChI is InChI=1S/C57H73N20O29P5S3/c1-22-9-74(53(80)71-42(22)58)50-37-40(57(100-50,26(5)95-37)15-93-111(88,114)106-39-36-51(99-55(39,13-78)24(3)94-36)76-20-69-34-44(60)63-17-66-47(34)76)105-108(84,85)92-14-56-25(4)96-38(52(101-56)77-21-70-35-45(61)64-18-67-48(35)77)41(56)104-107(82,83)90-11-29-28(8-32(98-29)75-19-68-33-43(59)62-16-65-46(33)75)103-110(87,113)91-12-30-27(102-109(86,112)89-6)7-31(97-30)73-10-23(2)49(79)72-54(73)81/h9-10,16-21,24-32,36-41,50-52,78H,7-8,11-15H2,1-6H3,(H,82,83)(H,84,85)(H,86,112)(H,87,113)(H,88,114)(H2,58,71,80)(H2,59,62,65)(H2,60,63,66)(H2,61,64,67)(H,72,79,81)/t24-,25-,26-,27?,28?,29+,30+,31+,32+,36-,37-,38-,39?,40?,41?,50+,51+,52+,55-,56-,57-,109?,110?,111?/m0/s1. The normalized spacial score (nSPS) is 35.0. The molecule has 8 fully saturated rings. The van der Waals surface area contributed by atoms with Gasteiger partial charge in [0.15, 0.2) is 53.1 Å². The van der Waals surface area contributed by atoms with Crippen LogP contribution in [0.1, 0.15) is 75.9 Å². The van der Waals surface area contributed by atoms with Crippen LogP contribution in [0.25, 0.3) is 33.5 Å². The molecule has 0 saturated carbocycles. The van der Waals surface area contributed by atoms with E-state index in [4.69, 9.17) is 141 Å². The number of fused-ring (bicyclic) bond motifs is 9. The van der Waals surface area contributed by atoms with Crippen LogP contribution >= 0.6 is 35.8 Å². The smallest absolute Gasteiger partial charge is 0.393 e. The van der Waals surface area contributed by atoms with Crippen LogP contribution in [0.3, 0.4) is 0 Å². The lowest BCUT2D eigenvalue weighted by Crippen LogP contribution is -2.52. The number of hydrogen-bond acceptors (Lipinski definition) is 41. The average Bonchev–Trinajstić information content (AvgIpc) is 1.56. The van der Waals surface area contributed by atoms with Crippen molar-refractivity contribution in [1.82, 2.24) is 77.7 Å². The fraction of sp³-hybridized carbons (Fsp3) is 0.596. The van der Waals surface area contributed by atoms with Gasteiger partial charge in [-0.1, -0.05) is 0 Å². The predicted octanol–water partition coefficient (Wildman–Crippen LogP) is -0.519. The van der Waals surface area contributed by atoms with Crippen molar-refractivity contribution in [3.63, 3.8) is 0 Å². The molecule has 15 N–H and O–H groups in total. The fourth-order valence-corrected chi connectivity index (χ4v) is 21.2. The van der Waals surface area contributed by atoms with Gasteiger partial charge in [-0.05, 0) is 70.0 Å². The van der Waals surface area contributed by atoms with Gasteiger partial charge in [0.2, 0.25) is 0 Å². The molecule has 8 aromatic heterocycles. The number of phosphoric ester groups is 2. The second-order valence-electron chi connectivity index (χ2n) is 27.8. The number of nitrogen functional groups attached to an aromatic ring is 4. The topological polar surface area (TPSA) is 646 Å². The third-order valence-electron chi connectivity index (χ3n) is 21.1. The molecule has 6 bridgehead atoms. The summed E-state index contributed by atoms with van der Waals surface area (Å²) in [6.45, 7) is -9.98. The summed E-state index contributed by atoms with van der Waals surface area (Å²) in [7, 11) is -10.2. The SMILES string of the molecule is COP(O)(=S)OC1C[C@H](n2cc(C)c(=O)[nH]c2=O)O[C@@H]1COP(O)(=S)OC1C[C@H](n2cnc3c(N)ncnc32)O[C@@H]1COP(=O)(O)OC1[C@@H]2O[C@@H](C)[C@]1(COP(=O)(O)OC1[C@@H]3O[C@@H](C)[C@]1(COP(O)(=S)OC1[C@@H]4O[C@@H](C)[C@]1(CO)O[C@H]4n1cnc4c(N)ncnc41)O[C@H]3n1cc(C)c(N)nc1=O)O[C@H]2n1cnc2c(N)ncnc21. The van der Waals surface area contributed by atoms with Gasteiger partial charge in [-0.3, -0.25) is 55.2 Å². The van der Waals surface area contributed by atoms with Gasteiger partial charge in [-0.2, -0.15) is 4.98 Å². The quantitative estimate of drug-likeness (QED) is 0.0263. The highest BCUT2D eigenvalue weighted by Gasteiger charge is 2.73. The summed E-state index contributed by atoms with van der Waals surface area (Å²) in [5.41, 5.74) is 17.3. The van der Waals surface area contributed by atoms with Crippen molar-refractivity contribution in [2.75, 3.05) is 63.1 Å². The Morgan fingerprint density at radius 3 is 1.46 bits per heavy atom. The van der Waals surface area contributed by atoms with E-state index in [1.807, 2.05) is 0 Å². The van der Waals surface area contributed by atoms with Crippen LogP contribution in [0, 0.1) is 13.8 Å². The summed E-state index contributed by atoms with van der Waals surface area (Å²) in [6, 6.07) is 0. The minimum absolute atomic E-state index is 0.00174. The second kappa shape index (κ2) is 30.0. The van der Waals surface area contributed by atoms with E-state index >= 15 is 4.57 Å². The molecule has 618 valence electrons. The molecule has 57 heteroatoms. The molecule has 0 aromatic carbocycles. The Labute approximate surface area is 654 Å². The van der Waals surface area contributed by atoms with Gasteiger partial charge >= 0.3 is 47.2 Å². The molecule has 8 aromatic rings. The summed E-state index contributed by atoms with van der Waals surface area (Å²) in [5.74, 6) is -0.135. The van der Waals surface area contributed by atoms with Crippen molar-refractivity contribution in [2.24, 2.45) is 0 Å². The maximum Gasteiger partial charge on any atom is 0.472 e. The molecular formula is C57H73N20O29P5S3. The highest BCUT2D eigenvalue weighted by Crippen LogP contribution is 2.64. The number of nitrogens with two attached hydrogens (primary N) is 4. The number of phosphoric acid groups is 2. The van der Waals surface area contributed by atoms with Crippen LogP contribution in [0.5, 0.6) is 0 Å². The molecule has 114 heavy (non-hydrogen) atoms. The van der Waals surface area contributed by atoms with Gasteiger partial charge in [0, 0.05) is 43.5 Å². The molecule has 0 amide bonds. The van der Waals surface area contributed by atoms with Gasteiger partial charge in [0.25, 0.3) is 5.56 Å². The first-order valence-corrected chi connectivity index (χ1v) is 45.2. The monoisotopic (exact) mass is 1750 g/mol. The lowest BCUT2D eigenvalue weighted by atomic mass is 9.94. The summed E-state index contributed by atoms with van der Waals surface area (Å²) in [6.07, 6.45) is -14.8. The number of rotatable bonds is 29. The molecule has 26 atom stereocenters. The average molecular weight is 1750 g/mol. The van der Waals surface area contributed by atoms with E-state index < -0.39 is 213 Å². The van der Waals surface area contributed by atoms with E-state index in [9.17, 15) is 48.5 Å². The Bertz CT molecular complexity index is 5560. The molecule has 16 heterocycles. The van der Waals surface area contributed by atoms with Crippen LogP contribution < -0.4 is 39.9 Å². The molecule has 8 aliphatic heterocycles. The summed E-state index contributed by atoms with van der Waals surface area (Å²) < 4.78 is 147. The van der Waals surface area contributed by atoms with Crippen molar-refractivity contribution < 1.29 is 122 Å². The minimum Gasteiger partial charge on any atom is -0.393 e. The maximum atomic E-state index is 15.2. The lowest BCUT2D eigenvalue weighted by molar-refractivity contribution is -0.219. The predicted molar refractivity (Wildman–Crippen MR) is 393 cm³/mol. The van der Waals surface area contributed by atoms with Crippen LogP contribution in [-0.4, -0.2) is 244 Å². The van der Waals surface area contributed by atoms with Crippen LogP contribution in [0.15, 0.2) is 64.7 Å². The zero-order valence-electron chi connectivity index (χ0n) is 60.0. The Kier molecular flexibility index (Phi) is 21.5. The number of hydrogen-bond donors (Lipinski definition) is 11. The first-order valence-electron chi connectivity index (χ1n) is 34.4. The Morgan fingerprint density at radius 1 is 0.518 bits per heavy atom. The van der Waals surface area contributed by atoms with Gasteiger partial charge in [0.05, 0.1) is 82.5 Å². The molecule has 16 rings (SSSR count). The first-order chi connectivity index (χ1) is 53.9. The zero-order valence-corrected chi connectivity index (χ0v) is 66.9.